The maximum absolute atomic E-state index is 11.8. The van der Waals surface area contributed by atoms with Crippen LogP contribution in [0.3, 0.4) is 0 Å². The molecular formula is C20H17NO4. The Labute approximate surface area is 145 Å². The highest BCUT2D eigenvalue weighted by Gasteiger charge is 2.35. The van der Waals surface area contributed by atoms with Gasteiger partial charge in [0.25, 0.3) is 0 Å². The molecule has 0 radical (unpaired) electrons. The van der Waals surface area contributed by atoms with Gasteiger partial charge < -0.3 is 9.84 Å². The zero-order chi connectivity index (χ0) is 18.0. The number of hydrogen-bond donors (Lipinski definition) is 1. The van der Waals surface area contributed by atoms with E-state index in [1.807, 2.05) is 30.3 Å². The highest BCUT2D eigenvalue weighted by molar-refractivity contribution is 5.89. The molecule has 2 atom stereocenters. The number of carbonyl (C=O) groups is 2. The van der Waals surface area contributed by atoms with Crippen molar-refractivity contribution in [2.75, 3.05) is 7.11 Å². The molecule has 126 valence electrons. The van der Waals surface area contributed by atoms with Crippen molar-refractivity contribution in [1.29, 1.82) is 5.26 Å². The Bertz CT molecular complexity index is 882. The largest absolute Gasteiger partial charge is 0.480 e. The van der Waals surface area contributed by atoms with E-state index in [9.17, 15) is 20.0 Å². The zero-order valence-electron chi connectivity index (χ0n) is 13.7. The van der Waals surface area contributed by atoms with E-state index in [-0.39, 0.29) is 0 Å². The van der Waals surface area contributed by atoms with Crippen LogP contribution in [0.4, 0.5) is 0 Å². The summed E-state index contributed by atoms with van der Waals surface area (Å²) in [4.78, 5) is 23.5. The second kappa shape index (κ2) is 6.78. The fraction of sp³-hybridized carbons (Fsp3) is 0.250. The number of aliphatic carboxylic acids is 1. The van der Waals surface area contributed by atoms with E-state index >= 15 is 0 Å². The predicted octanol–water partition coefficient (Wildman–Crippen LogP) is 2.93. The van der Waals surface area contributed by atoms with Crippen LogP contribution in [-0.4, -0.2) is 24.2 Å². The molecule has 1 aliphatic rings. The van der Waals surface area contributed by atoms with Gasteiger partial charge in [-0.15, -0.1) is 0 Å². The molecule has 0 saturated carbocycles. The topological polar surface area (TPSA) is 87.4 Å². The van der Waals surface area contributed by atoms with E-state index < -0.39 is 23.8 Å². The molecule has 0 bridgehead atoms. The summed E-state index contributed by atoms with van der Waals surface area (Å²) in [5, 5.41) is 19.0. The van der Waals surface area contributed by atoms with Gasteiger partial charge in [-0.1, -0.05) is 30.3 Å². The highest BCUT2D eigenvalue weighted by atomic mass is 16.5. The second-order valence-corrected chi connectivity index (χ2v) is 6.03. The van der Waals surface area contributed by atoms with Crippen molar-refractivity contribution in [2.24, 2.45) is 5.92 Å². The maximum Gasteiger partial charge on any atom is 0.337 e. The highest BCUT2D eigenvalue weighted by Crippen LogP contribution is 2.39. The number of rotatable bonds is 3. The number of aryl methyl sites for hydroxylation is 2. The normalized spacial score (nSPS) is 16.6. The van der Waals surface area contributed by atoms with E-state index in [1.165, 1.54) is 7.11 Å². The molecule has 0 spiro atoms. The smallest absolute Gasteiger partial charge is 0.337 e. The number of methoxy groups -OCH3 is 1. The Morgan fingerprint density at radius 3 is 2.52 bits per heavy atom. The summed E-state index contributed by atoms with van der Waals surface area (Å²) < 4.78 is 4.77. The minimum absolute atomic E-state index is 0.426. The molecule has 5 heteroatoms. The summed E-state index contributed by atoms with van der Waals surface area (Å²) in [5.74, 6) is -3.34. The second-order valence-electron chi connectivity index (χ2n) is 6.03. The van der Waals surface area contributed by atoms with Crippen LogP contribution in [0.25, 0.3) is 0 Å². The zero-order valence-corrected chi connectivity index (χ0v) is 13.7. The van der Waals surface area contributed by atoms with Gasteiger partial charge in [-0.2, -0.15) is 5.26 Å². The first-order valence-electron chi connectivity index (χ1n) is 7.98. The van der Waals surface area contributed by atoms with E-state index in [2.05, 4.69) is 0 Å². The standard InChI is InChI=1S/C20H17NO4/c1-25-20(24)14-8-9-16-13(10-14)7-6-12-4-2-3-5-15(12)18(16)17(11-21)19(22)23/h2-5,8-10,17-18H,6-7H2,1H3,(H,22,23). The monoisotopic (exact) mass is 335 g/mol. The van der Waals surface area contributed by atoms with Crippen molar-refractivity contribution < 1.29 is 19.4 Å². The van der Waals surface area contributed by atoms with Crippen LogP contribution in [0.15, 0.2) is 42.5 Å². The van der Waals surface area contributed by atoms with Gasteiger partial charge in [0.15, 0.2) is 5.92 Å². The molecule has 2 aromatic carbocycles. The van der Waals surface area contributed by atoms with Crippen molar-refractivity contribution in [3.8, 4) is 6.07 Å². The number of carboxylic acids is 1. The predicted molar refractivity (Wildman–Crippen MR) is 90.2 cm³/mol. The third-order valence-corrected chi connectivity index (χ3v) is 4.69. The Morgan fingerprint density at radius 1 is 1.16 bits per heavy atom. The summed E-state index contributed by atoms with van der Waals surface area (Å²) >= 11 is 0. The summed E-state index contributed by atoms with van der Waals surface area (Å²) in [6.45, 7) is 0. The number of nitrogens with zero attached hydrogens (tertiary/aromatic N) is 1. The van der Waals surface area contributed by atoms with Crippen LogP contribution >= 0.6 is 0 Å². The van der Waals surface area contributed by atoms with Crippen LogP contribution < -0.4 is 0 Å². The lowest BCUT2D eigenvalue weighted by atomic mass is 9.79. The maximum atomic E-state index is 11.8. The molecule has 0 heterocycles. The van der Waals surface area contributed by atoms with Crippen molar-refractivity contribution in [3.63, 3.8) is 0 Å². The van der Waals surface area contributed by atoms with E-state index in [0.29, 0.717) is 12.0 Å². The van der Waals surface area contributed by atoms with Gasteiger partial charge in [-0.05, 0) is 47.2 Å². The van der Waals surface area contributed by atoms with Gasteiger partial charge >= 0.3 is 11.9 Å². The number of fused-ring (bicyclic) bond motifs is 2. The van der Waals surface area contributed by atoms with Crippen LogP contribution in [0, 0.1) is 17.2 Å². The van der Waals surface area contributed by atoms with E-state index in [4.69, 9.17) is 4.74 Å². The summed E-state index contributed by atoms with van der Waals surface area (Å²) in [6, 6.07) is 14.7. The summed E-state index contributed by atoms with van der Waals surface area (Å²) in [5.41, 5.74) is 3.98. The van der Waals surface area contributed by atoms with Gasteiger partial charge in [0.1, 0.15) is 0 Å². The molecule has 3 rings (SSSR count). The summed E-state index contributed by atoms with van der Waals surface area (Å²) in [7, 11) is 1.32. The molecule has 1 N–H and O–H groups in total. The van der Waals surface area contributed by atoms with Gasteiger partial charge in [0.05, 0.1) is 18.7 Å². The first-order valence-corrected chi connectivity index (χ1v) is 7.98. The number of ether oxygens (including phenoxy) is 1. The number of carboxylic acid groups (broad SMARTS) is 1. The van der Waals surface area contributed by atoms with Crippen molar-refractivity contribution in [2.45, 2.75) is 18.8 Å². The lowest BCUT2D eigenvalue weighted by Gasteiger charge is -2.22. The Kier molecular flexibility index (Phi) is 4.53. The fourth-order valence-electron chi connectivity index (χ4n) is 3.50. The average molecular weight is 335 g/mol. The first-order chi connectivity index (χ1) is 12.1. The van der Waals surface area contributed by atoms with Gasteiger partial charge in [0, 0.05) is 5.92 Å². The Morgan fingerprint density at radius 2 is 1.84 bits per heavy atom. The van der Waals surface area contributed by atoms with Crippen LogP contribution in [-0.2, 0) is 22.4 Å². The van der Waals surface area contributed by atoms with E-state index in [0.717, 1.165) is 28.7 Å². The molecule has 2 aromatic rings. The molecule has 0 amide bonds. The van der Waals surface area contributed by atoms with Crippen molar-refractivity contribution in [1.82, 2.24) is 0 Å². The average Bonchev–Trinajstić information content (AvgIpc) is 2.79. The quantitative estimate of drug-likeness (QED) is 0.871. The molecular weight excluding hydrogens is 318 g/mol. The number of esters is 1. The minimum atomic E-state index is -1.19. The lowest BCUT2D eigenvalue weighted by molar-refractivity contribution is -0.140. The van der Waals surface area contributed by atoms with Crippen LogP contribution in [0.1, 0.15) is 38.5 Å². The van der Waals surface area contributed by atoms with Gasteiger partial charge in [0.2, 0.25) is 0 Å². The lowest BCUT2D eigenvalue weighted by Crippen LogP contribution is -2.22. The Balaban J connectivity index is 2.21. The molecule has 0 aliphatic heterocycles. The number of carbonyl (C=O) groups excluding carboxylic acids is 1. The number of nitriles is 1. The molecule has 0 saturated heterocycles. The molecule has 2 unspecified atom stereocenters. The molecule has 1 aliphatic carbocycles. The van der Waals surface area contributed by atoms with Gasteiger partial charge in [-0.25, -0.2) is 4.79 Å². The first kappa shape index (κ1) is 16.7. The van der Waals surface area contributed by atoms with Crippen molar-refractivity contribution >= 4 is 11.9 Å². The molecule has 25 heavy (non-hydrogen) atoms. The third-order valence-electron chi connectivity index (χ3n) is 4.69. The van der Waals surface area contributed by atoms with E-state index in [1.54, 1.807) is 18.2 Å². The van der Waals surface area contributed by atoms with Crippen LogP contribution in [0.2, 0.25) is 0 Å². The van der Waals surface area contributed by atoms with Crippen molar-refractivity contribution in [3.05, 3.63) is 70.3 Å². The number of hydrogen-bond acceptors (Lipinski definition) is 4. The molecule has 5 nitrogen and oxygen atoms in total. The minimum Gasteiger partial charge on any atom is -0.480 e. The Hall–Kier alpha value is -3.13. The molecule has 0 aromatic heterocycles. The van der Waals surface area contributed by atoms with Crippen LogP contribution in [0.5, 0.6) is 0 Å². The SMILES string of the molecule is COC(=O)c1ccc2c(c1)CCc1ccccc1C2C(C#N)C(=O)O. The molecule has 0 fully saturated rings. The van der Waals surface area contributed by atoms with Gasteiger partial charge in [-0.3, -0.25) is 4.79 Å². The fourth-order valence-corrected chi connectivity index (χ4v) is 3.50. The third kappa shape index (κ3) is 2.99. The summed E-state index contributed by atoms with van der Waals surface area (Å²) in [6.07, 6.45) is 1.40. The number of benzene rings is 2.